The average molecular weight is 149 g/mol. The quantitative estimate of drug-likeness (QED) is 0.402. The van der Waals surface area contributed by atoms with Crippen LogP contribution in [0, 0.1) is 0 Å². The molecule has 0 spiro atoms. The van der Waals surface area contributed by atoms with E-state index in [2.05, 4.69) is 15.6 Å². The Morgan fingerprint density at radius 2 is 1.80 bits per heavy atom. The van der Waals surface area contributed by atoms with Gasteiger partial charge in [-0.25, -0.2) is 4.79 Å². The normalized spacial score (nSPS) is 8.60. The molecule has 0 aliphatic heterocycles. The average Bonchev–Trinajstić information content (AvgIpc) is 1.99. The van der Waals surface area contributed by atoms with Crippen molar-refractivity contribution in [3.8, 4) is 0 Å². The second kappa shape index (κ2) is 4.71. The summed E-state index contributed by atoms with van der Waals surface area (Å²) in [7, 11) is 0. The first-order chi connectivity index (χ1) is 4.70. The third-order valence-electron chi connectivity index (χ3n) is 0.767. The van der Waals surface area contributed by atoms with E-state index in [9.17, 15) is 9.59 Å². The first-order valence-electron chi connectivity index (χ1n) is 2.44. The van der Waals surface area contributed by atoms with Crippen LogP contribution in [0.1, 0.15) is 12.8 Å². The predicted octanol–water partition coefficient (Wildman–Crippen LogP) is -0.800. The summed E-state index contributed by atoms with van der Waals surface area (Å²) in [6, 6.07) is 0. The van der Waals surface area contributed by atoms with Crippen LogP contribution in [-0.2, 0) is 19.3 Å². The third kappa shape index (κ3) is 3.81. The van der Waals surface area contributed by atoms with Gasteiger partial charge in [0.25, 0.3) is 0 Å². The molecule has 0 heterocycles. The van der Waals surface area contributed by atoms with E-state index in [0.717, 1.165) is 0 Å². The fraction of sp³-hybridized carbons (Fsp3) is 0.500. The largest absolute Gasteiger partial charge is 0.373 e. The first-order valence-corrected chi connectivity index (χ1v) is 2.44. The summed E-state index contributed by atoms with van der Waals surface area (Å²) in [5, 5.41) is 7.69. The molecular weight excluding hydrogens is 142 g/mol. The molecule has 0 unspecified atom stereocenters. The topological polar surface area (TPSA) is 98.9 Å². The molecular formula is C4H7NO5. The van der Waals surface area contributed by atoms with Gasteiger partial charge in [-0.15, -0.1) is 0 Å². The molecule has 0 radical (unpaired) electrons. The summed E-state index contributed by atoms with van der Waals surface area (Å²) in [5.74, 6) is 2.81. The highest BCUT2D eigenvalue weighted by molar-refractivity contribution is 5.77. The molecule has 0 bridgehead atoms. The van der Waals surface area contributed by atoms with Gasteiger partial charge in [-0.3, -0.25) is 4.79 Å². The van der Waals surface area contributed by atoms with Crippen molar-refractivity contribution in [3.05, 3.63) is 0 Å². The second-order valence-electron chi connectivity index (χ2n) is 1.45. The Balaban J connectivity index is 3.35. The zero-order valence-corrected chi connectivity index (χ0v) is 5.07. The monoisotopic (exact) mass is 149 g/mol. The van der Waals surface area contributed by atoms with Crippen molar-refractivity contribution >= 4 is 11.9 Å². The number of carbonyl (C=O) groups is 2. The molecule has 0 fully saturated rings. The zero-order valence-electron chi connectivity index (χ0n) is 5.07. The van der Waals surface area contributed by atoms with Crippen LogP contribution in [0.5, 0.6) is 0 Å². The maximum atomic E-state index is 10.2. The SMILES string of the molecule is NOC(=O)CCC(=O)OO. The van der Waals surface area contributed by atoms with E-state index in [0.29, 0.717) is 0 Å². The number of hydrogen-bond acceptors (Lipinski definition) is 6. The Labute approximate surface area is 56.4 Å². The lowest BCUT2D eigenvalue weighted by atomic mass is 10.3. The van der Waals surface area contributed by atoms with Gasteiger partial charge in [-0.05, 0) is 0 Å². The summed E-state index contributed by atoms with van der Waals surface area (Å²) < 4.78 is 0. The molecule has 0 aromatic heterocycles. The first kappa shape index (κ1) is 8.86. The summed E-state index contributed by atoms with van der Waals surface area (Å²) in [5.41, 5.74) is 0. The molecule has 0 aromatic carbocycles. The van der Waals surface area contributed by atoms with E-state index in [1.54, 1.807) is 0 Å². The van der Waals surface area contributed by atoms with Crippen molar-refractivity contribution in [1.29, 1.82) is 0 Å². The fourth-order valence-corrected chi connectivity index (χ4v) is 0.309. The molecule has 10 heavy (non-hydrogen) atoms. The number of nitrogens with two attached hydrogens (primary N) is 1. The number of carbonyl (C=O) groups excluding carboxylic acids is 2. The molecule has 58 valence electrons. The van der Waals surface area contributed by atoms with Gasteiger partial charge < -0.3 is 9.73 Å². The molecule has 6 nitrogen and oxygen atoms in total. The fourth-order valence-electron chi connectivity index (χ4n) is 0.309. The lowest BCUT2D eigenvalue weighted by Crippen LogP contribution is -2.12. The highest BCUT2D eigenvalue weighted by Crippen LogP contribution is 1.91. The molecule has 0 atom stereocenters. The lowest BCUT2D eigenvalue weighted by molar-refractivity contribution is -0.234. The van der Waals surface area contributed by atoms with Gasteiger partial charge in [0.1, 0.15) is 0 Å². The molecule has 0 aliphatic carbocycles. The van der Waals surface area contributed by atoms with Crippen LogP contribution in [-0.4, -0.2) is 17.2 Å². The van der Waals surface area contributed by atoms with Crippen LogP contribution in [0.15, 0.2) is 0 Å². The number of rotatable bonds is 3. The van der Waals surface area contributed by atoms with Crippen molar-refractivity contribution in [3.63, 3.8) is 0 Å². The molecule has 6 heteroatoms. The van der Waals surface area contributed by atoms with E-state index in [1.807, 2.05) is 0 Å². The van der Waals surface area contributed by atoms with E-state index < -0.39 is 11.9 Å². The number of hydrogen-bond donors (Lipinski definition) is 2. The van der Waals surface area contributed by atoms with Crippen molar-refractivity contribution in [2.45, 2.75) is 12.8 Å². The van der Waals surface area contributed by atoms with Crippen LogP contribution in [0.3, 0.4) is 0 Å². The maximum Gasteiger partial charge on any atom is 0.342 e. The van der Waals surface area contributed by atoms with E-state index >= 15 is 0 Å². The van der Waals surface area contributed by atoms with Gasteiger partial charge in [0.05, 0.1) is 12.8 Å². The highest BCUT2D eigenvalue weighted by Gasteiger charge is 2.07. The van der Waals surface area contributed by atoms with Gasteiger partial charge in [0, 0.05) is 0 Å². The van der Waals surface area contributed by atoms with Crippen molar-refractivity contribution in [2.24, 2.45) is 5.90 Å². The van der Waals surface area contributed by atoms with Crippen molar-refractivity contribution in [2.75, 3.05) is 0 Å². The van der Waals surface area contributed by atoms with Crippen molar-refractivity contribution in [1.82, 2.24) is 0 Å². The van der Waals surface area contributed by atoms with Crippen molar-refractivity contribution < 1.29 is 24.6 Å². The van der Waals surface area contributed by atoms with E-state index in [1.165, 1.54) is 0 Å². The predicted molar refractivity (Wildman–Crippen MR) is 28.2 cm³/mol. The van der Waals surface area contributed by atoms with Crippen LogP contribution < -0.4 is 5.90 Å². The molecule has 0 aromatic rings. The Morgan fingerprint density at radius 3 is 2.20 bits per heavy atom. The smallest absolute Gasteiger partial charge is 0.342 e. The minimum Gasteiger partial charge on any atom is -0.373 e. The third-order valence-corrected chi connectivity index (χ3v) is 0.767. The second-order valence-corrected chi connectivity index (χ2v) is 1.45. The Hall–Kier alpha value is -1.14. The van der Waals surface area contributed by atoms with Gasteiger partial charge >= 0.3 is 11.9 Å². The molecule has 0 rings (SSSR count). The standard InChI is InChI=1S/C4H7NO5/c5-9-3(6)1-2-4(7)10-8/h8H,1-2,5H2. The van der Waals surface area contributed by atoms with Crippen LogP contribution in [0.2, 0.25) is 0 Å². The summed E-state index contributed by atoms with van der Waals surface area (Å²) >= 11 is 0. The summed E-state index contributed by atoms with van der Waals surface area (Å²) in [6.45, 7) is 0. The van der Waals surface area contributed by atoms with Gasteiger partial charge in [0.15, 0.2) is 0 Å². The molecule has 3 N–H and O–H groups in total. The summed E-state index contributed by atoms with van der Waals surface area (Å²) in [4.78, 5) is 27.3. The van der Waals surface area contributed by atoms with Gasteiger partial charge in [0.2, 0.25) is 0 Å². The van der Waals surface area contributed by atoms with Crippen LogP contribution in [0.25, 0.3) is 0 Å². The maximum absolute atomic E-state index is 10.2. The summed E-state index contributed by atoms with van der Waals surface area (Å²) in [6.07, 6.45) is -0.442. The minimum atomic E-state index is -0.898. The van der Waals surface area contributed by atoms with Gasteiger partial charge in [-0.1, -0.05) is 0 Å². The van der Waals surface area contributed by atoms with Gasteiger partial charge in [-0.2, -0.15) is 11.2 Å². The Bertz CT molecular complexity index is 118. The molecule has 0 saturated heterocycles. The zero-order chi connectivity index (χ0) is 7.98. The van der Waals surface area contributed by atoms with Crippen LogP contribution in [0.4, 0.5) is 0 Å². The van der Waals surface area contributed by atoms with E-state index in [-0.39, 0.29) is 12.8 Å². The molecule has 0 aliphatic rings. The molecule has 0 saturated carbocycles. The Morgan fingerprint density at radius 1 is 1.30 bits per heavy atom. The minimum absolute atomic E-state index is 0.199. The lowest BCUT2D eigenvalue weighted by Gasteiger charge is -1.94. The van der Waals surface area contributed by atoms with Crippen LogP contribution >= 0.6 is 0 Å². The molecule has 0 amide bonds. The highest BCUT2D eigenvalue weighted by atomic mass is 17.1. The van der Waals surface area contributed by atoms with E-state index in [4.69, 9.17) is 5.26 Å². The Kier molecular flexibility index (Phi) is 4.17.